The second-order valence-electron chi connectivity index (χ2n) is 12.2. The van der Waals surface area contributed by atoms with E-state index in [4.69, 9.17) is 5.73 Å². The Hall–Kier alpha value is -3.19. The van der Waals surface area contributed by atoms with Gasteiger partial charge in [0.05, 0.1) is 11.5 Å². The van der Waals surface area contributed by atoms with Crippen LogP contribution < -0.4 is 16.4 Å². The van der Waals surface area contributed by atoms with Gasteiger partial charge >= 0.3 is 0 Å². The lowest BCUT2D eigenvalue weighted by Crippen LogP contribution is -2.57. The molecule has 2 aromatic carbocycles. The van der Waals surface area contributed by atoms with Gasteiger partial charge < -0.3 is 21.3 Å². The van der Waals surface area contributed by atoms with Crippen molar-refractivity contribution < 1.29 is 14.4 Å². The molecule has 2 aromatic rings. The Morgan fingerprint density at radius 2 is 1.64 bits per heavy atom. The number of hydrogen-bond donors (Lipinski definition) is 3. The number of likely N-dealkylation sites (tertiary alicyclic amines) is 1. The Kier molecular flexibility index (Phi) is 8.80. The summed E-state index contributed by atoms with van der Waals surface area (Å²) in [5, 5.41) is 6.05. The van der Waals surface area contributed by atoms with Gasteiger partial charge in [-0.3, -0.25) is 14.4 Å². The predicted molar refractivity (Wildman–Crippen MR) is 154 cm³/mol. The number of carbonyl (C=O) groups excluding carboxylic acids is 3. The number of piperidine rings is 1. The topological polar surface area (TPSA) is 105 Å². The second kappa shape index (κ2) is 11.9. The molecule has 0 bridgehead atoms. The fourth-order valence-corrected chi connectivity index (χ4v) is 6.12. The van der Waals surface area contributed by atoms with Crippen molar-refractivity contribution in [1.82, 2.24) is 15.5 Å². The van der Waals surface area contributed by atoms with Crippen molar-refractivity contribution in [1.29, 1.82) is 0 Å². The third kappa shape index (κ3) is 6.70. The van der Waals surface area contributed by atoms with Crippen molar-refractivity contribution in [2.24, 2.45) is 5.73 Å². The summed E-state index contributed by atoms with van der Waals surface area (Å²) in [5.41, 5.74) is 8.45. The first kappa shape index (κ1) is 28.8. The average molecular weight is 533 g/mol. The van der Waals surface area contributed by atoms with Crippen LogP contribution in [0.5, 0.6) is 0 Å². The summed E-state index contributed by atoms with van der Waals surface area (Å²) in [6.45, 7) is 8.48. The molecule has 0 saturated carbocycles. The molecular formula is C32H44N4O3. The van der Waals surface area contributed by atoms with E-state index in [0.29, 0.717) is 19.5 Å². The third-order valence-corrected chi connectivity index (χ3v) is 8.27. The third-order valence-electron chi connectivity index (χ3n) is 8.27. The zero-order valence-electron chi connectivity index (χ0n) is 23.8. The fourth-order valence-electron chi connectivity index (χ4n) is 6.12. The van der Waals surface area contributed by atoms with Crippen molar-refractivity contribution in [3.8, 4) is 0 Å². The van der Waals surface area contributed by atoms with Crippen LogP contribution in [-0.2, 0) is 26.2 Å². The van der Waals surface area contributed by atoms with Crippen LogP contribution >= 0.6 is 0 Å². The highest BCUT2D eigenvalue weighted by Crippen LogP contribution is 2.51. The number of aryl methyl sites for hydroxylation is 1. The lowest BCUT2D eigenvalue weighted by Gasteiger charge is -2.41. The molecule has 3 amide bonds. The van der Waals surface area contributed by atoms with Gasteiger partial charge in [0.2, 0.25) is 17.7 Å². The molecule has 0 radical (unpaired) electrons. The summed E-state index contributed by atoms with van der Waals surface area (Å²) < 4.78 is 0. The highest BCUT2D eigenvalue weighted by atomic mass is 16.2. The van der Waals surface area contributed by atoms with Crippen molar-refractivity contribution in [2.45, 2.75) is 95.2 Å². The predicted octanol–water partition coefficient (Wildman–Crippen LogP) is 3.80. The highest BCUT2D eigenvalue weighted by Gasteiger charge is 2.48. The maximum absolute atomic E-state index is 13.8. The number of benzene rings is 2. The van der Waals surface area contributed by atoms with Crippen LogP contribution in [0.3, 0.4) is 0 Å². The molecule has 2 aliphatic rings. The molecule has 7 nitrogen and oxygen atoms in total. The standard InChI is InChI=1S/C32H44N4O3/c1-22(2)34-28(37)25-21-32(26-15-9-8-14-24(25)26)17-19-36(20-18-32)29(38)27(35-30(39)31(3,4)33)16-10-13-23-11-6-5-7-12-23/h5-9,11-12,14-15,22,25,27H,10,13,16-21,33H2,1-4H3,(H,34,37)(H,35,39)/t25-,27-/m1/s1. The Labute approximate surface area is 232 Å². The number of amides is 3. The minimum atomic E-state index is -1.07. The number of carbonyl (C=O) groups is 3. The Morgan fingerprint density at radius 1 is 1.00 bits per heavy atom. The highest BCUT2D eigenvalue weighted by molar-refractivity contribution is 5.91. The molecule has 1 spiro atoms. The van der Waals surface area contributed by atoms with E-state index in [1.807, 2.05) is 49.1 Å². The average Bonchev–Trinajstić information content (AvgIpc) is 3.22. The fraction of sp³-hybridized carbons (Fsp3) is 0.531. The minimum absolute atomic E-state index is 0.0455. The van der Waals surface area contributed by atoms with Gasteiger partial charge in [0, 0.05) is 24.5 Å². The van der Waals surface area contributed by atoms with Gasteiger partial charge in [-0.15, -0.1) is 0 Å². The van der Waals surface area contributed by atoms with Gasteiger partial charge in [-0.05, 0) is 82.9 Å². The van der Waals surface area contributed by atoms with E-state index < -0.39 is 11.6 Å². The van der Waals surface area contributed by atoms with Gasteiger partial charge in [0.1, 0.15) is 6.04 Å². The molecule has 4 rings (SSSR count). The van der Waals surface area contributed by atoms with Crippen LogP contribution in [0.4, 0.5) is 0 Å². The molecule has 1 saturated heterocycles. The molecule has 1 aliphatic carbocycles. The first-order valence-electron chi connectivity index (χ1n) is 14.3. The van der Waals surface area contributed by atoms with E-state index in [-0.39, 0.29) is 35.1 Å². The molecule has 1 fully saturated rings. The molecule has 7 heteroatoms. The number of nitrogens with one attached hydrogen (secondary N) is 2. The number of nitrogens with two attached hydrogens (primary N) is 1. The molecule has 2 atom stereocenters. The second-order valence-corrected chi connectivity index (χ2v) is 12.2. The molecule has 4 N–H and O–H groups in total. The zero-order chi connectivity index (χ0) is 28.2. The Balaban J connectivity index is 1.45. The summed E-state index contributed by atoms with van der Waals surface area (Å²) in [5.74, 6) is -0.449. The molecule has 1 heterocycles. The van der Waals surface area contributed by atoms with E-state index >= 15 is 0 Å². The van der Waals surface area contributed by atoms with Crippen molar-refractivity contribution in [3.63, 3.8) is 0 Å². The van der Waals surface area contributed by atoms with E-state index in [1.165, 1.54) is 11.1 Å². The lowest BCUT2D eigenvalue weighted by molar-refractivity contribution is -0.139. The quantitative estimate of drug-likeness (QED) is 0.457. The maximum Gasteiger partial charge on any atom is 0.245 e. The molecule has 39 heavy (non-hydrogen) atoms. The Bertz CT molecular complexity index is 1160. The van der Waals surface area contributed by atoms with E-state index in [0.717, 1.165) is 37.7 Å². The van der Waals surface area contributed by atoms with Crippen LogP contribution in [-0.4, -0.2) is 53.3 Å². The van der Waals surface area contributed by atoms with Crippen molar-refractivity contribution in [3.05, 3.63) is 71.3 Å². The van der Waals surface area contributed by atoms with Gasteiger partial charge in [-0.1, -0.05) is 54.6 Å². The zero-order valence-corrected chi connectivity index (χ0v) is 23.8. The van der Waals surface area contributed by atoms with Crippen molar-refractivity contribution >= 4 is 17.7 Å². The monoisotopic (exact) mass is 532 g/mol. The van der Waals surface area contributed by atoms with E-state index in [2.05, 4.69) is 34.9 Å². The summed E-state index contributed by atoms with van der Waals surface area (Å²) >= 11 is 0. The SMILES string of the molecule is CC(C)NC(=O)[C@@H]1CC2(CCN(C(=O)[C@@H](CCCc3ccccc3)NC(=O)C(C)(C)N)CC2)c2ccccc21. The van der Waals surface area contributed by atoms with Gasteiger partial charge in [0.15, 0.2) is 0 Å². The molecule has 210 valence electrons. The minimum Gasteiger partial charge on any atom is -0.353 e. The molecule has 0 aromatic heterocycles. The van der Waals surface area contributed by atoms with Crippen LogP contribution in [0.25, 0.3) is 0 Å². The lowest BCUT2D eigenvalue weighted by atomic mass is 9.73. The smallest absolute Gasteiger partial charge is 0.245 e. The summed E-state index contributed by atoms with van der Waals surface area (Å²) in [4.78, 5) is 41.5. The van der Waals surface area contributed by atoms with Crippen LogP contribution in [0.15, 0.2) is 54.6 Å². The molecule has 0 unspecified atom stereocenters. The van der Waals surface area contributed by atoms with Crippen LogP contribution in [0.1, 0.15) is 82.4 Å². The molecular weight excluding hydrogens is 488 g/mol. The maximum atomic E-state index is 13.8. The largest absolute Gasteiger partial charge is 0.353 e. The van der Waals surface area contributed by atoms with E-state index in [1.54, 1.807) is 13.8 Å². The van der Waals surface area contributed by atoms with Crippen LogP contribution in [0.2, 0.25) is 0 Å². The number of fused-ring (bicyclic) bond motifs is 2. The summed E-state index contributed by atoms with van der Waals surface area (Å²) in [6, 6.07) is 18.0. The number of nitrogens with zero attached hydrogens (tertiary/aromatic N) is 1. The van der Waals surface area contributed by atoms with Gasteiger partial charge in [-0.25, -0.2) is 0 Å². The number of hydrogen-bond acceptors (Lipinski definition) is 4. The Morgan fingerprint density at radius 3 is 2.28 bits per heavy atom. The summed E-state index contributed by atoms with van der Waals surface area (Å²) in [7, 11) is 0. The first-order chi connectivity index (χ1) is 18.5. The van der Waals surface area contributed by atoms with Crippen molar-refractivity contribution in [2.75, 3.05) is 13.1 Å². The van der Waals surface area contributed by atoms with E-state index in [9.17, 15) is 14.4 Å². The van der Waals surface area contributed by atoms with Gasteiger partial charge in [-0.2, -0.15) is 0 Å². The van der Waals surface area contributed by atoms with Gasteiger partial charge in [0.25, 0.3) is 0 Å². The first-order valence-corrected chi connectivity index (χ1v) is 14.3. The number of rotatable bonds is 9. The molecule has 1 aliphatic heterocycles. The normalized spacial score (nSPS) is 19.0. The summed E-state index contributed by atoms with van der Waals surface area (Å²) in [6.07, 6.45) is 4.54. The van der Waals surface area contributed by atoms with Crippen LogP contribution in [0, 0.1) is 0 Å².